The Balaban J connectivity index is 0.000000688. The molecule has 0 spiro atoms. The topological polar surface area (TPSA) is 103 Å². The summed E-state index contributed by atoms with van der Waals surface area (Å²) in [7, 11) is 4.70. The zero-order chi connectivity index (χ0) is 17.5. The van der Waals surface area contributed by atoms with E-state index in [0.717, 1.165) is 6.29 Å². The van der Waals surface area contributed by atoms with Gasteiger partial charge in [-0.25, -0.2) is 0 Å². The van der Waals surface area contributed by atoms with E-state index in [4.69, 9.17) is 15.0 Å². The molecule has 128 valence electrons. The molecule has 0 aliphatic heterocycles. The molecule has 0 fully saturated rings. The van der Waals surface area contributed by atoms with Crippen LogP contribution in [0.4, 0.5) is 0 Å². The van der Waals surface area contributed by atoms with Crippen LogP contribution in [0.2, 0.25) is 0 Å². The Morgan fingerprint density at radius 2 is 2.00 bits per heavy atom. The zero-order valence-corrected chi connectivity index (χ0v) is 13.9. The predicted molar refractivity (Wildman–Crippen MR) is 86.0 cm³/mol. The minimum Gasteiger partial charge on any atom is -0.496 e. The summed E-state index contributed by atoms with van der Waals surface area (Å²) < 4.78 is 19.8. The summed E-state index contributed by atoms with van der Waals surface area (Å²) in [4.78, 5) is 13.3. The summed E-state index contributed by atoms with van der Waals surface area (Å²) in [5, 5.41) is 3.39. The lowest BCUT2D eigenvalue weighted by Gasteiger charge is -2.08. The zero-order valence-electron chi connectivity index (χ0n) is 13.9. The molecule has 0 bridgehead atoms. The Bertz CT molecular complexity index is 500. The van der Waals surface area contributed by atoms with Gasteiger partial charge in [-0.1, -0.05) is 5.11 Å². The number of carbonyl (C=O) groups excluding carboxylic acids is 1. The van der Waals surface area contributed by atoms with Crippen molar-refractivity contribution in [1.82, 2.24) is 0 Å². The second kappa shape index (κ2) is 13.4. The summed E-state index contributed by atoms with van der Waals surface area (Å²) >= 11 is 0. The number of benzene rings is 1. The molecule has 23 heavy (non-hydrogen) atoms. The Morgan fingerprint density at radius 3 is 2.48 bits per heavy atom. The third kappa shape index (κ3) is 9.36. The Morgan fingerprint density at radius 1 is 1.30 bits per heavy atom. The van der Waals surface area contributed by atoms with E-state index in [2.05, 4.69) is 19.5 Å². The monoisotopic (exact) mass is 325 g/mol. The van der Waals surface area contributed by atoms with Crippen LogP contribution < -0.4 is 9.47 Å². The number of azide groups is 1. The molecule has 0 atom stereocenters. The van der Waals surface area contributed by atoms with Gasteiger partial charge in [-0.05, 0) is 31.0 Å². The van der Waals surface area contributed by atoms with Gasteiger partial charge in [-0.15, -0.1) is 0 Å². The maximum atomic E-state index is 10.7. The van der Waals surface area contributed by atoms with E-state index in [1.165, 1.54) is 7.11 Å². The summed E-state index contributed by atoms with van der Waals surface area (Å²) in [6.07, 6.45) is 1.30. The van der Waals surface area contributed by atoms with Gasteiger partial charge in [0.2, 0.25) is 0 Å². The van der Waals surface area contributed by atoms with Gasteiger partial charge in [0, 0.05) is 31.7 Å². The van der Waals surface area contributed by atoms with E-state index < -0.39 is 0 Å². The molecule has 1 aromatic carbocycles. The number of methoxy groups -OCH3 is 3. The number of nitrogens with zero attached hydrogens (tertiary/aromatic N) is 3. The number of carbonyl (C=O) groups is 1. The molecular weight excluding hydrogens is 302 g/mol. The predicted octanol–water partition coefficient (Wildman–Crippen LogP) is 3.21. The molecule has 0 amide bonds. The van der Waals surface area contributed by atoms with E-state index in [0.29, 0.717) is 36.6 Å². The van der Waals surface area contributed by atoms with E-state index in [1.54, 1.807) is 32.4 Å². The van der Waals surface area contributed by atoms with Crippen LogP contribution in [0.25, 0.3) is 10.4 Å². The molecule has 8 nitrogen and oxygen atoms in total. The Hall–Kier alpha value is -2.28. The number of ether oxygens (including phenoxy) is 4. The van der Waals surface area contributed by atoms with E-state index in [1.807, 2.05) is 6.92 Å². The van der Waals surface area contributed by atoms with Gasteiger partial charge in [0.15, 0.2) is 12.6 Å². The van der Waals surface area contributed by atoms with Crippen molar-refractivity contribution in [1.29, 1.82) is 0 Å². The number of hydrogen-bond donors (Lipinski definition) is 0. The molecule has 0 radical (unpaired) electrons. The molecule has 0 unspecified atom stereocenters. The smallest absolute Gasteiger partial charge is 0.154 e. The number of aldehydes is 1. The first-order valence-corrected chi connectivity index (χ1v) is 6.95. The highest BCUT2D eigenvalue weighted by molar-refractivity contribution is 5.79. The summed E-state index contributed by atoms with van der Waals surface area (Å²) in [5.41, 5.74) is 8.56. The minimum atomic E-state index is -0.0648. The van der Waals surface area contributed by atoms with Crippen LogP contribution in [0.15, 0.2) is 23.3 Å². The lowest BCUT2D eigenvalue weighted by atomic mass is 10.2. The van der Waals surface area contributed by atoms with Crippen LogP contribution in [0.5, 0.6) is 11.5 Å². The second-order valence-electron chi connectivity index (χ2n) is 4.22. The van der Waals surface area contributed by atoms with Gasteiger partial charge >= 0.3 is 0 Å². The molecule has 0 N–H and O–H groups in total. The molecule has 8 heteroatoms. The third-order valence-corrected chi connectivity index (χ3v) is 2.73. The molecule has 1 aromatic rings. The van der Waals surface area contributed by atoms with Crippen molar-refractivity contribution in [3.63, 3.8) is 0 Å². The van der Waals surface area contributed by atoms with Gasteiger partial charge < -0.3 is 18.9 Å². The van der Waals surface area contributed by atoms with Crippen molar-refractivity contribution in [2.45, 2.75) is 19.6 Å². The normalized spacial score (nSPS) is 9.43. The fraction of sp³-hybridized carbons (Fsp3) is 0.533. The highest BCUT2D eigenvalue weighted by Gasteiger charge is 2.03. The highest BCUT2D eigenvalue weighted by Crippen LogP contribution is 2.23. The first kappa shape index (κ1) is 20.7. The SMILES string of the molecule is COC(C)OC.COc1cc(OCCCN=[N+]=[N-])ccc1C=O. The number of rotatable bonds is 9. The molecule has 0 saturated carbocycles. The molecule has 1 rings (SSSR count). The fourth-order valence-corrected chi connectivity index (χ4v) is 1.34. The second-order valence-corrected chi connectivity index (χ2v) is 4.22. The van der Waals surface area contributed by atoms with Gasteiger partial charge in [0.25, 0.3) is 0 Å². The van der Waals surface area contributed by atoms with Crippen LogP contribution >= 0.6 is 0 Å². The van der Waals surface area contributed by atoms with Crippen molar-refractivity contribution in [2.24, 2.45) is 5.11 Å². The average Bonchev–Trinajstić information content (AvgIpc) is 2.61. The van der Waals surface area contributed by atoms with Gasteiger partial charge in [-0.2, -0.15) is 0 Å². The summed E-state index contributed by atoms with van der Waals surface area (Å²) in [5.74, 6) is 1.10. The molecule has 0 aliphatic rings. The van der Waals surface area contributed by atoms with Crippen LogP contribution in [0, 0.1) is 0 Å². The summed E-state index contributed by atoms with van der Waals surface area (Å²) in [6, 6.07) is 4.98. The lowest BCUT2D eigenvalue weighted by molar-refractivity contribution is -0.0877. The molecule has 0 aliphatic carbocycles. The Kier molecular flexibility index (Phi) is 12.1. The van der Waals surface area contributed by atoms with Crippen molar-refractivity contribution < 1.29 is 23.7 Å². The maximum Gasteiger partial charge on any atom is 0.154 e. The van der Waals surface area contributed by atoms with E-state index in [-0.39, 0.29) is 6.29 Å². The average molecular weight is 325 g/mol. The lowest BCUT2D eigenvalue weighted by Crippen LogP contribution is -2.05. The molecule has 0 aromatic heterocycles. The van der Waals surface area contributed by atoms with Crippen LogP contribution in [-0.4, -0.2) is 47.1 Å². The van der Waals surface area contributed by atoms with Crippen molar-refractivity contribution >= 4 is 6.29 Å². The van der Waals surface area contributed by atoms with E-state index in [9.17, 15) is 4.79 Å². The number of hydrogen-bond acceptors (Lipinski definition) is 6. The Labute approximate surface area is 135 Å². The molecule has 0 heterocycles. The van der Waals surface area contributed by atoms with Crippen molar-refractivity contribution in [3.8, 4) is 11.5 Å². The maximum absolute atomic E-state index is 10.7. The first-order valence-electron chi connectivity index (χ1n) is 6.95. The largest absolute Gasteiger partial charge is 0.496 e. The van der Waals surface area contributed by atoms with Gasteiger partial charge in [0.05, 0.1) is 19.3 Å². The van der Waals surface area contributed by atoms with Crippen LogP contribution in [0.3, 0.4) is 0 Å². The molecule has 0 saturated heterocycles. The molecular formula is C15H23N3O5. The highest BCUT2D eigenvalue weighted by atomic mass is 16.7. The van der Waals surface area contributed by atoms with Gasteiger partial charge in [0.1, 0.15) is 11.5 Å². The fourth-order valence-electron chi connectivity index (χ4n) is 1.34. The minimum absolute atomic E-state index is 0.0648. The van der Waals surface area contributed by atoms with E-state index >= 15 is 0 Å². The standard InChI is InChI=1S/C11H13N3O3.C4H10O2/c1-16-11-7-10(4-3-9(11)8-15)17-6-2-5-13-14-12;1-4(5-2)6-3/h3-4,7-8H,2,5-6H2,1H3;4H,1-3H3. The first-order chi connectivity index (χ1) is 11.1. The van der Waals surface area contributed by atoms with Crippen molar-refractivity contribution in [3.05, 3.63) is 34.2 Å². The van der Waals surface area contributed by atoms with Crippen LogP contribution in [0.1, 0.15) is 23.7 Å². The van der Waals surface area contributed by atoms with Gasteiger partial charge in [-0.3, -0.25) is 4.79 Å². The third-order valence-electron chi connectivity index (χ3n) is 2.73. The van der Waals surface area contributed by atoms with Crippen LogP contribution in [-0.2, 0) is 9.47 Å². The quantitative estimate of drug-likeness (QED) is 0.173. The summed E-state index contributed by atoms with van der Waals surface area (Å²) in [6.45, 7) is 2.68. The van der Waals surface area contributed by atoms with Crippen molar-refractivity contribution in [2.75, 3.05) is 34.5 Å².